The smallest absolute Gasteiger partial charge is 0.313 e. The van der Waals surface area contributed by atoms with Crippen molar-refractivity contribution in [2.45, 2.75) is 25.9 Å². The van der Waals surface area contributed by atoms with Crippen LogP contribution in [0.5, 0.6) is 5.75 Å². The number of ether oxygens (including phenoxy) is 1. The fourth-order valence-electron chi connectivity index (χ4n) is 2.85. The SMILES string of the molecule is COc1cc(NC(=O)C(=O)NC(C)(C)C(=O)NCCn2ccnc2)ccc1-c1cnco1. The van der Waals surface area contributed by atoms with Gasteiger partial charge in [-0.2, -0.15) is 0 Å². The summed E-state index contributed by atoms with van der Waals surface area (Å²) in [6, 6.07) is 4.82. The summed E-state index contributed by atoms with van der Waals surface area (Å²) in [6.45, 7) is 3.90. The van der Waals surface area contributed by atoms with Crippen molar-refractivity contribution in [2.24, 2.45) is 0 Å². The first-order valence-corrected chi connectivity index (χ1v) is 9.74. The molecule has 3 rings (SSSR count). The summed E-state index contributed by atoms with van der Waals surface area (Å²) in [5, 5.41) is 7.66. The molecule has 3 amide bonds. The molecule has 0 saturated heterocycles. The number of rotatable bonds is 8. The average Bonchev–Trinajstić information content (AvgIpc) is 3.47. The maximum atomic E-state index is 12.4. The van der Waals surface area contributed by atoms with Gasteiger partial charge < -0.3 is 29.7 Å². The molecule has 0 aliphatic rings. The minimum atomic E-state index is -1.29. The number of hydrogen-bond acceptors (Lipinski definition) is 7. The molecule has 11 heteroatoms. The third kappa shape index (κ3) is 5.50. The molecule has 2 heterocycles. The molecule has 11 nitrogen and oxygen atoms in total. The van der Waals surface area contributed by atoms with Crippen LogP contribution in [0.1, 0.15) is 13.8 Å². The van der Waals surface area contributed by atoms with Crippen molar-refractivity contribution in [1.82, 2.24) is 25.2 Å². The highest BCUT2D eigenvalue weighted by atomic mass is 16.5. The van der Waals surface area contributed by atoms with E-state index >= 15 is 0 Å². The number of carbonyl (C=O) groups is 3. The molecule has 0 bridgehead atoms. The fraction of sp³-hybridized carbons (Fsp3) is 0.286. The fourth-order valence-corrected chi connectivity index (χ4v) is 2.85. The lowest BCUT2D eigenvalue weighted by molar-refractivity contribution is -0.139. The maximum Gasteiger partial charge on any atom is 0.313 e. The number of hydrogen-bond donors (Lipinski definition) is 3. The number of anilines is 1. The minimum Gasteiger partial charge on any atom is -0.496 e. The number of amides is 3. The lowest BCUT2D eigenvalue weighted by Gasteiger charge is -2.24. The largest absolute Gasteiger partial charge is 0.496 e. The van der Waals surface area contributed by atoms with Crippen LogP contribution in [0.15, 0.2) is 53.9 Å². The predicted molar refractivity (Wildman–Crippen MR) is 115 cm³/mol. The van der Waals surface area contributed by atoms with Gasteiger partial charge in [0.1, 0.15) is 11.3 Å². The Morgan fingerprint density at radius 1 is 1.19 bits per heavy atom. The zero-order valence-electron chi connectivity index (χ0n) is 17.9. The van der Waals surface area contributed by atoms with Gasteiger partial charge in [0.25, 0.3) is 0 Å². The van der Waals surface area contributed by atoms with E-state index in [1.807, 2.05) is 0 Å². The molecule has 0 aliphatic heterocycles. The zero-order valence-corrected chi connectivity index (χ0v) is 17.9. The van der Waals surface area contributed by atoms with E-state index < -0.39 is 23.3 Å². The number of carbonyl (C=O) groups excluding carboxylic acids is 3. The van der Waals surface area contributed by atoms with Gasteiger partial charge in [-0.15, -0.1) is 0 Å². The molecule has 0 spiro atoms. The van der Waals surface area contributed by atoms with Crippen LogP contribution in [0.3, 0.4) is 0 Å². The highest BCUT2D eigenvalue weighted by Crippen LogP contribution is 2.32. The Kier molecular flexibility index (Phi) is 6.88. The number of oxazole rings is 1. The van der Waals surface area contributed by atoms with E-state index in [4.69, 9.17) is 9.15 Å². The molecule has 1 aromatic carbocycles. The van der Waals surface area contributed by atoms with E-state index in [0.717, 1.165) is 0 Å². The van der Waals surface area contributed by atoms with Crippen molar-refractivity contribution < 1.29 is 23.5 Å². The summed E-state index contributed by atoms with van der Waals surface area (Å²) < 4.78 is 12.4. The van der Waals surface area contributed by atoms with E-state index in [-0.39, 0.29) is 0 Å². The zero-order chi connectivity index (χ0) is 23.1. The third-order valence-corrected chi connectivity index (χ3v) is 4.57. The van der Waals surface area contributed by atoms with Gasteiger partial charge in [-0.3, -0.25) is 14.4 Å². The Labute approximate surface area is 184 Å². The first-order chi connectivity index (χ1) is 15.3. The first-order valence-electron chi connectivity index (χ1n) is 9.74. The van der Waals surface area contributed by atoms with Gasteiger partial charge >= 0.3 is 11.8 Å². The Bertz CT molecular complexity index is 1080. The molecule has 168 valence electrons. The molecule has 0 fully saturated rings. The topological polar surface area (TPSA) is 140 Å². The summed E-state index contributed by atoms with van der Waals surface area (Å²) in [4.78, 5) is 44.9. The Hall–Kier alpha value is -4.15. The molecule has 2 aromatic heterocycles. The van der Waals surface area contributed by atoms with Gasteiger partial charge in [0.05, 0.1) is 25.2 Å². The van der Waals surface area contributed by atoms with Crippen molar-refractivity contribution in [3.63, 3.8) is 0 Å². The Morgan fingerprint density at radius 2 is 2.00 bits per heavy atom. The van der Waals surface area contributed by atoms with Crippen molar-refractivity contribution >= 4 is 23.4 Å². The van der Waals surface area contributed by atoms with Crippen molar-refractivity contribution in [3.8, 4) is 17.1 Å². The molecule has 32 heavy (non-hydrogen) atoms. The van der Waals surface area contributed by atoms with Gasteiger partial charge in [0.15, 0.2) is 12.2 Å². The molecule has 0 aliphatic carbocycles. The molecule has 0 unspecified atom stereocenters. The van der Waals surface area contributed by atoms with Gasteiger partial charge in [-0.05, 0) is 26.0 Å². The third-order valence-electron chi connectivity index (χ3n) is 4.57. The van der Waals surface area contributed by atoms with Crippen molar-refractivity contribution in [2.75, 3.05) is 19.0 Å². The summed E-state index contributed by atoms with van der Waals surface area (Å²) in [7, 11) is 1.47. The van der Waals surface area contributed by atoms with Crippen LogP contribution in [0.25, 0.3) is 11.3 Å². The van der Waals surface area contributed by atoms with Crippen LogP contribution in [0, 0.1) is 0 Å². The number of imidazole rings is 1. The van der Waals surface area contributed by atoms with Crippen LogP contribution in [-0.4, -0.2) is 51.5 Å². The van der Waals surface area contributed by atoms with Crippen LogP contribution >= 0.6 is 0 Å². The standard InChI is InChI=1S/C21H24N6O5/c1-21(2,20(30)24-7-9-27-8-6-22-12-27)26-19(29)18(28)25-14-4-5-15(16(10-14)31-3)17-11-23-13-32-17/h4-6,8,10-13H,7,9H2,1-3H3,(H,24,30)(H,25,28)(H,26,29). The lowest BCUT2D eigenvalue weighted by atomic mass is 10.0. The number of nitrogens with one attached hydrogen (secondary N) is 3. The molecular weight excluding hydrogens is 416 g/mol. The van der Waals surface area contributed by atoms with Crippen molar-refractivity contribution in [3.05, 3.63) is 49.5 Å². The van der Waals surface area contributed by atoms with Gasteiger partial charge in [-0.25, -0.2) is 9.97 Å². The van der Waals surface area contributed by atoms with Gasteiger partial charge in [0, 0.05) is 37.2 Å². The molecule has 0 radical (unpaired) electrons. The minimum absolute atomic E-state index is 0.341. The van der Waals surface area contributed by atoms with E-state index in [1.54, 1.807) is 41.5 Å². The summed E-state index contributed by atoms with van der Waals surface area (Å²) in [5.41, 5.74) is -0.314. The monoisotopic (exact) mass is 440 g/mol. The van der Waals surface area contributed by atoms with E-state index in [0.29, 0.717) is 35.9 Å². The molecule has 0 atom stereocenters. The lowest BCUT2D eigenvalue weighted by Crippen LogP contribution is -2.57. The van der Waals surface area contributed by atoms with E-state index in [2.05, 4.69) is 25.9 Å². The highest BCUT2D eigenvalue weighted by Gasteiger charge is 2.31. The van der Waals surface area contributed by atoms with Gasteiger partial charge in [-0.1, -0.05) is 0 Å². The normalized spacial score (nSPS) is 11.0. The number of methoxy groups -OCH3 is 1. The summed E-state index contributed by atoms with van der Waals surface area (Å²) >= 11 is 0. The summed E-state index contributed by atoms with van der Waals surface area (Å²) in [5.74, 6) is -1.36. The van der Waals surface area contributed by atoms with Crippen LogP contribution in [0.2, 0.25) is 0 Å². The van der Waals surface area contributed by atoms with Crippen LogP contribution in [0.4, 0.5) is 5.69 Å². The maximum absolute atomic E-state index is 12.4. The van der Waals surface area contributed by atoms with Crippen molar-refractivity contribution in [1.29, 1.82) is 0 Å². The number of aromatic nitrogens is 3. The quantitative estimate of drug-likeness (QED) is 0.447. The number of nitrogens with zero attached hydrogens (tertiary/aromatic N) is 3. The molecular formula is C21H24N6O5. The Balaban J connectivity index is 1.56. The first kappa shape index (κ1) is 22.5. The summed E-state index contributed by atoms with van der Waals surface area (Å²) in [6.07, 6.45) is 7.88. The second kappa shape index (κ2) is 9.77. The molecule has 0 saturated carbocycles. The van der Waals surface area contributed by atoms with Gasteiger partial charge in [0.2, 0.25) is 5.91 Å². The molecule has 3 aromatic rings. The molecule has 3 N–H and O–H groups in total. The van der Waals surface area contributed by atoms with Crippen LogP contribution in [-0.2, 0) is 20.9 Å². The average molecular weight is 440 g/mol. The number of benzene rings is 1. The van der Waals surface area contributed by atoms with E-state index in [1.165, 1.54) is 33.5 Å². The highest BCUT2D eigenvalue weighted by molar-refractivity contribution is 6.40. The second-order valence-corrected chi connectivity index (χ2v) is 7.37. The van der Waals surface area contributed by atoms with E-state index in [9.17, 15) is 14.4 Å². The predicted octanol–water partition coefficient (Wildman–Crippen LogP) is 1.20. The Morgan fingerprint density at radius 3 is 2.66 bits per heavy atom. The second-order valence-electron chi connectivity index (χ2n) is 7.37. The van der Waals surface area contributed by atoms with Crippen LogP contribution < -0.4 is 20.7 Å².